The van der Waals surface area contributed by atoms with Crippen molar-refractivity contribution in [2.75, 3.05) is 0 Å². The molecule has 1 N–H and O–H groups in total. The Hall–Kier alpha value is -3.52. The van der Waals surface area contributed by atoms with Crippen molar-refractivity contribution >= 4 is 43.6 Å². The van der Waals surface area contributed by atoms with E-state index in [-0.39, 0.29) is 10.8 Å². The van der Waals surface area contributed by atoms with Gasteiger partial charge in [0.25, 0.3) is 0 Å². The number of nitrogens with zero attached hydrogens (tertiary/aromatic N) is 1. The number of aromatic amines is 1. The topological polar surface area (TPSA) is 20.7 Å². The van der Waals surface area contributed by atoms with Crippen molar-refractivity contribution in [2.24, 2.45) is 0 Å². The lowest BCUT2D eigenvalue weighted by Gasteiger charge is -2.41. The molecule has 4 aromatic carbocycles. The molecule has 1 aliphatic rings. The number of rotatable bonds is 2. The van der Waals surface area contributed by atoms with E-state index in [1.165, 1.54) is 73.1 Å². The van der Waals surface area contributed by atoms with Crippen LogP contribution in [0.25, 0.3) is 43.6 Å². The Morgan fingerprint density at radius 1 is 0.686 bits per heavy atom. The van der Waals surface area contributed by atoms with Gasteiger partial charge in [0, 0.05) is 44.6 Å². The van der Waals surface area contributed by atoms with Crippen LogP contribution in [0.5, 0.6) is 0 Å². The molecule has 174 valence electrons. The first-order valence-electron chi connectivity index (χ1n) is 12.9. The molecule has 0 radical (unpaired) electrons. The van der Waals surface area contributed by atoms with Crippen LogP contribution in [-0.4, -0.2) is 9.55 Å². The Bertz CT molecular complexity index is 1760. The van der Waals surface area contributed by atoms with Crippen LogP contribution in [0.4, 0.5) is 0 Å². The molecular formula is C33H32N2. The molecular weight excluding hydrogens is 424 g/mol. The zero-order chi connectivity index (χ0) is 23.9. The molecule has 35 heavy (non-hydrogen) atoms. The zero-order valence-electron chi connectivity index (χ0n) is 21.1. The highest BCUT2D eigenvalue weighted by molar-refractivity contribution is 6.25. The summed E-state index contributed by atoms with van der Waals surface area (Å²) in [6, 6.07) is 29.3. The maximum absolute atomic E-state index is 3.81. The van der Waals surface area contributed by atoms with E-state index < -0.39 is 0 Å². The third kappa shape index (κ3) is 2.95. The summed E-state index contributed by atoms with van der Waals surface area (Å²) in [4.78, 5) is 3.81. The first-order chi connectivity index (χ1) is 16.8. The summed E-state index contributed by atoms with van der Waals surface area (Å²) in [6.07, 6.45) is 2.46. The fourth-order valence-electron chi connectivity index (χ4n) is 6.52. The summed E-state index contributed by atoms with van der Waals surface area (Å²) in [5.74, 6) is 0. The average molecular weight is 457 g/mol. The number of para-hydroxylation sites is 1. The summed E-state index contributed by atoms with van der Waals surface area (Å²) in [5, 5.41) is 5.37. The van der Waals surface area contributed by atoms with Crippen molar-refractivity contribution in [1.29, 1.82) is 0 Å². The van der Waals surface area contributed by atoms with Gasteiger partial charge < -0.3 is 9.55 Å². The fraction of sp³-hybridized carbons (Fsp3) is 0.273. The van der Waals surface area contributed by atoms with Gasteiger partial charge in [0.15, 0.2) is 0 Å². The van der Waals surface area contributed by atoms with Crippen molar-refractivity contribution in [3.63, 3.8) is 0 Å². The Morgan fingerprint density at radius 3 is 2.14 bits per heavy atom. The summed E-state index contributed by atoms with van der Waals surface area (Å²) in [6.45, 7) is 10.5. The van der Waals surface area contributed by atoms with E-state index in [9.17, 15) is 0 Å². The largest absolute Gasteiger partial charge is 0.354 e. The molecule has 0 amide bonds. The lowest BCUT2D eigenvalue weighted by Crippen LogP contribution is -2.33. The van der Waals surface area contributed by atoms with Crippen molar-refractivity contribution in [3.8, 4) is 0 Å². The van der Waals surface area contributed by atoms with Crippen molar-refractivity contribution < 1.29 is 0 Å². The monoisotopic (exact) mass is 456 g/mol. The van der Waals surface area contributed by atoms with Crippen molar-refractivity contribution in [2.45, 2.75) is 57.9 Å². The first kappa shape index (κ1) is 20.8. The maximum Gasteiger partial charge on any atom is 0.0596 e. The Labute approximate surface area is 206 Å². The number of benzene rings is 4. The van der Waals surface area contributed by atoms with Gasteiger partial charge in [-0.25, -0.2) is 0 Å². The predicted octanol–water partition coefficient (Wildman–Crippen LogP) is 8.83. The van der Waals surface area contributed by atoms with Crippen LogP contribution in [0, 0.1) is 0 Å². The normalized spacial score (nSPS) is 16.9. The van der Waals surface area contributed by atoms with Crippen molar-refractivity contribution in [3.05, 3.63) is 95.6 Å². The molecule has 6 aromatic rings. The van der Waals surface area contributed by atoms with E-state index in [4.69, 9.17) is 0 Å². The van der Waals surface area contributed by atoms with E-state index in [1.807, 2.05) is 0 Å². The molecule has 0 aliphatic heterocycles. The highest BCUT2D eigenvalue weighted by Gasteiger charge is 2.37. The lowest BCUT2D eigenvalue weighted by atomic mass is 9.63. The SMILES string of the molecule is CC1(C)CCC(C)(C)c2cc3c(cc21)[nH]c1ccc2c4ccccc4n(Cc4ccccc4)c2c13. The molecule has 1 aliphatic carbocycles. The van der Waals surface area contributed by atoms with Crippen LogP contribution in [-0.2, 0) is 17.4 Å². The van der Waals surface area contributed by atoms with E-state index in [2.05, 4.69) is 116 Å². The predicted molar refractivity (Wildman–Crippen MR) is 150 cm³/mol. The van der Waals surface area contributed by atoms with E-state index in [0.717, 1.165) is 6.54 Å². The second-order valence-electron chi connectivity index (χ2n) is 11.8. The third-order valence-corrected chi connectivity index (χ3v) is 8.65. The summed E-state index contributed by atoms with van der Waals surface area (Å²) < 4.78 is 2.53. The first-order valence-corrected chi connectivity index (χ1v) is 12.9. The molecule has 0 bridgehead atoms. The quantitative estimate of drug-likeness (QED) is 0.269. The molecule has 2 heterocycles. The Balaban J connectivity index is 1.62. The van der Waals surface area contributed by atoms with Crippen LogP contribution in [0.15, 0.2) is 78.9 Å². The number of hydrogen-bond acceptors (Lipinski definition) is 0. The van der Waals surface area contributed by atoms with Crippen LogP contribution in [0.3, 0.4) is 0 Å². The molecule has 0 fully saturated rings. The molecule has 0 unspecified atom stereocenters. The summed E-state index contributed by atoms with van der Waals surface area (Å²) in [5.41, 5.74) is 9.86. The molecule has 0 saturated carbocycles. The molecule has 0 atom stereocenters. The number of H-pyrrole nitrogens is 1. The number of nitrogens with one attached hydrogen (secondary N) is 1. The van der Waals surface area contributed by atoms with Gasteiger partial charge in [0.1, 0.15) is 0 Å². The van der Waals surface area contributed by atoms with Crippen LogP contribution < -0.4 is 0 Å². The van der Waals surface area contributed by atoms with Gasteiger partial charge >= 0.3 is 0 Å². The summed E-state index contributed by atoms with van der Waals surface area (Å²) in [7, 11) is 0. The minimum atomic E-state index is 0.188. The van der Waals surface area contributed by atoms with E-state index >= 15 is 0 Å². The van der Waals surface area contributed by atoms with Crippen LogP contribution in [0.1, 0.15) is 57.2 Å². The molecule has 0 spiro atoms. The molecule has 7 rings (SSSR count). The highest BCUT2D eigenvalue weighted by Crippen LogP contribution is 2.48. The smallest absolute Gasteiger partial charge is 0.0596 e. The molecule has 2 nitrogen and oxygen atoms in total. The van der Waals surface area contributed by atoms with Gasteiger partial charge in [-0.2, -0.15) is 0 Å². The van der Waals surface area contributed by atoms with Gasteiger partial charge in [-0.05, 0) is 64.6 Å². The number of hydrogen-bond donors (Lipinski definition) is 1. The minimum Gasteiger partial charge on any atom is -0.354 e. The van der Waals surface area contributed by atoms with Gasteiger partial charge in [-0.3, -0.25) is 0 Å². The highest BCUT2D eigenvalue weighted by atomic mass is 15.0. The van der Waals surface area contributed by atoms with Gasteiger partial charge in [-0.1, -0.05) is 82.3 Å². The maximum atomic E-state index is 3.81. The Kier molecular flexibility index (Phi) is 4.17. The van der Waals surface area contributed by atoms with Gasteiger partial charge in [0.2, 0.25) is 0 Å². The zero-order valence-corrected chi connectivity index (χ0v) is 21.1. The third-order valence-electron chi connectivity index (χ3n) is 8.65. The van der Waals surface area contributed by atoms with Crippen molar-refractivity contribution in [1.82, 2.24) is 9.55 Å². The van der Waals surface area contributed by atoms with E-state index in [0.29, 0.717) is 0 Å². The van der Waals surface area contributed by atoms with Gasteiger partial charge in [-0.15, -0.1) is 0 Å². The molecule has 2 aromatic heterocycles. The standard InChI is InChI=1S/C33H32N2/c1-32(2)16-17-33(3,4)26-19-28-24(18-25(26)32)30-27(34-28)15-14-23-22-12-8-9-13-29(22)35(31(23)30)20-21-10-6-5-7-11-21/h5-15,18-19,34H,16-17,20H2,1-4H3. The lowest BCUT2D eigenvalue weighted by molar-refractivity contribution is 0.332. The molecule has 0 saturated heterocycles. The fourth-order valence-corrected chi connectivity index (χ4v) is 6.52. The average Bonchev–Trinajstić information content (AvgIpc) is 3.37. The van der Waals surface area contributed by atoms with Crippen LogP contribution in [0.2, 0.25) is 0 Å². The minimum absolute atomic E-state index is 0.188. The second kappa shape index (κ2) is 7.01. The van der Waals surface area contributed by atoms with Gasteiger partial charge in [0.05, 0.1) is 5.52 Å². The molecule has 2 heteroatoms. The Morgan fingerprint density at radius 2 is 1.37 bits per heavy atom. The number of aromatic nitrogens is 2. The van der Waals surface area contributed by atoms with Crippen LogP contribution >= 0.6 is 0 Å². The summed E-state index contributed by atoms with van der Waals surface area (Å²) >= 11 is 0. The van der Waals surface area contributed by atoms with E-state index in [1.54, 1.807) is 0 Å². The second-order valence-corrected chi connectivity index (χ2v) is 11.8. The number of fused-ring (bicyclic) bond motifs is 8.